The van der Waals surface area contributed by atoms with Crippen molar-refractivity contribution in [2.24, 2.45) is 0 Å². The topological polar surface area (TPSA) is 85.1 Å². The van der Waals surface area contributed by atoms with Crippen molar-refractivity contribution < 1.29 is 13.5 Å². The zero-order chi connectivity index (χ0) is 15.4. The molecule has 1 aromatic carbocycles. The second kappa shape index (κ2) is 6.57. The first-order valence-corrected chi connectivity index (χ1v) is 7.99. The number of aromatic nitrogens is 1. The van der Waals surface area contributed by atoms with Gasteiger partial charge in [0, 0.05) is 35.5 Å². The maximum Gasteiger partial charge on any atom is 0.281 e. The number of hydrogen-bond donors (Lipinski definition) is 1. The van der Waals surface area contributed by atoms with Gasteiger partial charge in [-0.1, -0.05) is 0 Å². The first kappa shape index (κ1) is 15.3. The summed E-state index contributed by atoms with van der Waals surface area (Å²) in [4.78, 5) is 14.4. The zero-order valence-corrected chi connectivity index (χ0v) is 12.2. The molecular formula is C13H14FN3O3S. The van der Waals surface area contributed by atoms with E-state index < -0.39 is 21.5 Å². The van der Waals surface area contributed by atoms with Crippen molar-refractivity contribution in [2.45, 2.75) is 6.42 Å². The number of non-ortho nitro benzene ring substituents is 1. The molecule has 1 heterocycles. The number of halogens is 1. The van der Waals surface area contributed by atoms with E-state index in [0.29, 0.717) is 18.7 Å². The van der Waals surface area contributed by atoms with E-state index in [1.54, 1.807) is 12.3 Å². The minimum Gasteiger partial charge on any atom is -0.381 e. The summed E-state index contributed by atoms with van der Waals surface area (Å²) in [7, 11) is -0.904. The molecule has 8 heteroatoms. The highest BCUT2D eigenvalue weighted by atomic mass is 32.2. The lowest BCUT2D eigenvalue weighted by molar-refractivity contribution is -0.383. The number of pyridine rings is 1. The fraction of sp³-hybridized carbons (Fsp3) is 0.308. The van der Waals surface area contributed by atoms with Gasteiger partial charge in [-0.3, -0.25) is 19.3 Å². The molecule has 0 saturated carbocycles. The molecule has 1 atom stereocenters. The van der Waals surface area contributed by atoms with Crippen LogP contribution in [-0.4, -0.2) is 32.7 Å². The van der Waals surface area contributed by atoms with Gasteiger partial charge in [-0.2, -0.15) is 0 Å². The summed E-state index contributed by atoms with van der Waals surface area (Å²) in [5.74, 6) is -0.210. The first-order chi connectivity index (χ1) is 10.0. The molecule has 21 heavy (non-hydrogen) atoms. The average Bonchev–Trinajstić information content (AvgIpc) is 2.44. The lowest BCUT2D eigenvalue weighted by Crippen LogP contribution is -2.08. The van der Waals surface area contributed by atoms with E-state index in [1.165, 1.54) is 12.3 Å². The van der Waals surface area contributed by atoms with E-state index in [1.807, 2.05) is 0 Å². The lowest BCUT2D eigenvalue weighted by Gasteiger charge is -2.10. The third kappa shape index (κ3) is 3.52. The molecule has 0 amide bonds. The van der Waals surface area contributed by atoms with Gasteiger partial charge in [0.15, 0.2) is 5.82 Å². The summed E-state index contributed by atoms with van der Waals surface area (Å²) in [6.07, 6.45) is 3.66. The Kier molecular flexibility index (Phi) is 4.79. The quantitative estimate of drug-likeness (QED) is 0.503. The Morgan fingerprint density at radius 2 is 2.29 bits per heavy atom. The van der Waals surface area contributed by atoms with E-state index >= 15 is 0 Å². The predicted octanol–water partition coefficient (Wildman–Crippen LogP) is 2.46. The SMILES string of the molecule is CS(=O)CCCNc1c(F)cc([N+](=O)[O-])c2cccnc12. The van der Waals surface area contributed by atoms with E-state index in [9.17, 15) is 18.7 Å². The van der Waals surface area contributed by atoms with Crippen molar-refractivity contribution in [1.29, 1.82) is 0 Å². The van der Waals surface area contributed by atoms with E-state index in [4.69, 9.17) is 0 Å². The standard InChI is InChI=1S/C13H14FN3O3S/c1-21(20)7-3-6-16-13-10(14)8-11(17(18)19)9-4-2-5-15-12(9)13/h2,4-5,8,16H,3,6-7H2,1H3. The molecule has 2 aromatic rings. The van der Waals surface area contributed by atoms with Crippen molar-refractivity contribution in [2.75, 3.05) is 23.9 Å². The maximum absolute atomic E-state index is 14.1. The van der Waals surface area contributed by atoms with Crippen molar-refractivity contribution in [3.05, 3.63) is 40.3 Å². The van der Waals surface area contributed by atoms with Crippen LogP contribution in [0.3, 0.4) is 0 Å². The van der Waals surface area contributed by atoms with Crippen LogP contribution in [0.25, 0.3) is 10.9 Å². The molecule has 0 spiro atoms. The number of anilines is 1. The monoisotopic (exact) mass is 311 g/mol. The summed E-state index contributed by atoms with van der Waals surface area (Å²) in [5, 5.41) is 14.1. The molecule has 0 aliphatic heterocycles. The number of benzene rings is 1. The average molecular weight is 311 g/mol. The number of nitrogens with one attached hydrogen (secondary N) is 1. The van der Waals surface area contributed by atoms with Crippen molar-refractivity contribution in [1.82, 2.24) is 4.98 Å². The summed E-state index contributed by atoms with van der Waals surface area (Å²) in [5.41, 5.74) is 0.0516. The summed E-state index contributed by atoms with van der Waals surface area (Å²) < 4.78 is 25.0. The minimum absolute atomic E-state index is 0.137. The molecule has 1 aromatic heterocycles. The van der Waals surface area contributed by atoms with E-state index in [0.717, 1.165) is 6.07 Å². The third-order valence-corrected chi connectivity index (χ3v) is 3.79. The Bertz CT molecular complexity index is 708. The summed E-state index contributed by atoms with van der Waals surface area (Å²) in [6.45, 7) is 0.417. The molecule has 1 N–H and O–H groups in total. The largest absolute Gasteiger partial charge is 0.381 e. The smallest absolute Gasteiger partial charge is 0.281 e. The van der Waals surface area contributed by atoms with E-state index in [-0.39, 0.29) is 22.3 Å². The van der Waals surface area contributed by atoms with E-state index in [2.05, 4.69) is 10.3 Å². The van der Waals surface area contributed by atoms with Gasteiger partial charge < -0.3 is 5.32 Å². The molecule has 1 unspecified atom stereocenters. The van der Waals surface area contributed by atoms with Crippen LogP contribution in [0.5, 0.6) is 0 Å². The Morgan fingerprint density at radius 3 is 2.95 bits per heavy atom. The highest BCUT2D eigenvalue weighted by Crippen LogP contribution is 2.32. The third-order valence-electron chi connectivity index (χ3n) is 2.93. The lowest BCUT2D eigenvalue weighted by atomic mass is 10.1. The molecule has 0 aliphatic carbocycles. The van der Waals surface area contributed by atoms with Crippen LogP contribution in [0.15, 0.2) is 24.4 Å². The van der Waals surface area contributed by atoms with Crippen molar-refractivity contribution in [3.63, 3.8) is 0 Å². The van der Waals surface area contributed by atoms with Crippen LogP contribution in [-0.2, 0) is 10.8 Å². The van der Waals surface area contributed by atoms with Gasteiger partial charge >= 0.3 is 0 Å². The van der Waals surface area contributed by atoms with Gasteiger partial charge in [0.05, 0.1) is 22.1 Å². The highest BCUT2D eigenvalue weighted by molar-refractivity contribution is 7.84. The number of nitro groups is 1. The zero-order valence-electron chi connectivity index (χ0n) is 11.3. The van der Waals surface area contributed by atoms with Gasteiger partial charge in [0.2, 0.25) is 0 Å². The first-order valence-electron chi connectivity index (χ1n) is 6.26. The number of rotatable bonds is 6. The molecule has 112 valence electrons. The molecule has 0 saturated heterocycles. The number of hydrogen-bond acceptors (Lipinski definition) is 5. The Balaban J connectivity index is 2.35. The molecule has 0 aliphatic rings. The molecule has 0 fully saturated rings. The second-order valence-electron chi connectivity index (χ2n) is 4.47. The maximum atomic E-state index is 14.1. The van der Waals surface area contributed by atoms with Gasteiger partial charge in [-0.05, 0) is 18.6 Å². The molecule has 0 bridgehead atoms. The van der Waals surface area contributed by atoms with Gasteiger partial charge in [0.1, 0.15) is 5.52 Å². The Hall–Kier alpha value is -2.09. The number of nitrogens with zero attached hydrogens (tertiary/aromatic N) is 2. The summed E-state index contributed by atoms with van der Waals surface area (Å²) in [6, 6.07) is 3.99. The van der Waals surface area contributed by atoms with Crippen LogP contribution in [0.4, 0.5) is 15.8 Å². The fourth-order valence-electron chi connectivity index (χ4n) is 2.00. The molecule has 2 rings (SSSR count). The van der Waals surface area contributed by atoms with Gasteiger partial charge in [-0.15, -0.1) is 0 Å². The summed E-state index contributed by atoms with van der Waals surface area (Å²) >= 11 is 0. The Labute approximate surface area is 123 Å². The van der Waals surface area contributed by atoms with Crippen LogP contribution in [0.1, 0.15) is 6.42 Å². The van der Waals surface area contributed by atoms with Gasteiger partial charge in [-0.25, -0.2) is 4.39 Å². The fourth-order valence-corrected chi connectivity index (χ4v) is 2.55. The van der Waals surface area contributed by atoms with Crippen molar-refractivity contribution in [3.8, 4) is 0 Å². The predicted molar refractivity (Wildman–Crippen MR) is 80.4 cm³/mol. The Morgan fingerprint density at radius 1 is 1.52 bits per heavy atom. The molecule has 0 radical (unpaired) electrons. The normalized spacial score (nSPS) is 12.3. The van der Waals surface area contributed by atoms with Crippen LogP contribution in [0.2, 0.25) is 0 Å². The highest BCUT2D eigenvalue weighted by Gasteiger charge is 2.19. The van der Waals surface area contributed by atoms with Crippen LogP contribution < -0.4 is 5.32 Å². The number of nitro benzene ring substituents is 1. The van der Waals surface area contributed by atoms with Gasteiger partial charge in [0.25, 0.3) is 5.69 Å². The van der Waals surface area contributed by atoms with Crippen LogP contribution in [0, 0.1) is 15.9 Å². The molecular weight excluding hydrogens is 297 g/mol. The van der Waals surface area contributed by atoms with Crippen molar-refractivity contribution >= 4 is 33.1 Å². The van der Waals surface area contributed by atoms with Crippen LogP contribution >= 0.6 is 0 Å². The number of fused-ring (bicyclic) bond motifs is 1. The minimum atomic E-state index is -0.904. The molecule has 6 nitrogen and oxygen atoms in total. The second-order valence-corrected chi connectivity index (χ2v) is 6.02.